The first-order chi connectivity index (χ1) is 7.50. The van der Waals surface area contributed by atoms with Gasteiger partial charge < -0.3 is 4.74 Å². The predicted octanol–water partition coefficient (Wildman–Crippen LogP) is 3.42. The third-order valence-electron chi connectivity index (χ3n) is 3.50. The molecule has 0 spiro atoms. The van der Waals surface area contributed by atoms with Crippen LogP contribution in [0.4, 0.5) is 0 Å². The lowest BCUT2D eigenvalue weighted by atomic mass is 9.82. The van der Waals surface area contributed by atoms with E-state index in [2.05, 4.69) is 26.8 Å². The number of carbonyl (C=O) groups excluding carboxylic acids is 1. The number of hydrogen-bond donors (Lipinski definition) is 0. The van der Waals surface area contributed by atoms with Gasteiger partial charge in [0.05, 0.1) is 12.9 Å². The van der Waals surface area contributed by atoms with Crippen molar-refractivity contribution in [2.45, 2.75) is 44.8 Å². The Bertz CT molecular complexity index is 284. The smallest absolute Gasteiger partial charge is 0.315 e. The van der Waals surface area contributed by atoms with Gasteiger partial charge in [0.25, 0.3) is 0 Å². The molecular formula is C13H22O2S. The fraction of sp³-hybridized carbons (Fsp3) is 0.769. The van der Waals surface area contributed by atoms with Crippen LogP contribution in [0.5, 0.6) is 0 Å². The van der Waals surface area contributed by atoms with Crippen LogP contribution in [0.2, 0.25) is 0 Å². The van der Waals surface area contributed by atoms with Crippen molar-refractivity contribution in [3.63, 3.8) is 0 Å². The minimum absolute atomic E-state index is 0.115. The number of allylic oxidation sites excluding steroid dienone is 2. The molecule has 1 atom stereocenters. The van der Waals surface area contributed by atoms with Gasteiger partial charge in [0, 0.05) is 4.75 Å². The Hall–Kier alpha value is -0.440. The summed E-state index contributed by atoms with van der Waals surface area (Å²) in [6.45, 7) is 6.69. The molecule has 0 heterocycles. The van der Waals surface area contributed by atoms with Gasteiger partial charge in [0.1, 0.15) is 0 Å². The SMILES string of the molecule is COC(=O)CSC1(C(C)C)CC=C(C)CC1. The summed E-state index contributed by atoms with van der Waals surface area (Å²) in [5, 5.41) is 0. The summed E-state index contributed by atoms with van der Waals surface area (Å²) in [5.41, 5.74) is 1.48. The number of methoxy groups -OCH3 is 1. The zero-order valence-corrected chi connectivity index (χ0v) is 11.5. The van der Waals surface area contributed by atoms with Crippen molar-refractivity contribution in [2.24, 2.45) is 5.92 Å². The summed E-state index contributed by atoms with van der Waals surface area (Å²) in [7, 11) is 1.45. The van der Waals surface area contributed by atoms with Crippen LogP contribution in [0.25, 0.3) is 0 Å². The summed E-state index contributed by atoms with van der Waals surface area (Å²) in [5.74, 6) is 0.949. The van der Waals surface area contributed by atoms with Crippen LogP contribution in [-0.2, 0) is 9.53 Å². The number of ether oxygens (including phenoxy) is 1. The summed E-state index contributed by atoms with van der Waals surface area (Å²) < 4.78 is 4.94. The Labute approximate surface area is 103 Å². The van der Waals surface area contributed by atoms with Crippen LogP contribution < -0.4 is 0 Å². The Morgan fingerprint density at radius 2 is 2.31 bits per heavy atom. The highest BCUT2D eigenvalue weighted by Gasteiger charge is 2.35. The van der Waals surface area contributed by atoms with E-state index in [1.165, 1.54) is 19.1 Å². The average Bonchev–Trinajstić information content (AvgIpc) is 2.28. The van der Waals surface area contributed by atoms with E-state index in [1.54, 1.807) is 11.8 Å². The van der Waals surface area contributed by atoms with Gasteiger partial charge in [-0.25, -0.2) is 0 Å². The van der Waals surface area contributed by atoms with E-state index in [9.17, 15) is 4.79 Å². The van der Waals surface area contributed by atoms with Gasteiger partial charge in [0.2, 0.25) is 0 Å². The van der Waals surface area contributed by atoms with Gasteiger partial charge in [-0.1, -0.05) is 25.5 Å². The van der Waals surface area contributed by atoms with Crippen molar-refractivity contribution in [2.75, 3.05) is 12.9 Å². The molecule has 0 aliphatic heterocycles. The second-order valence-electron chi connectivity index (χ2n) is 4.84. The monoisotopic (exact) mass is 242 g/mol. The molecule has 0 aromatic rings. The van der Waals surface area contributed by atoms with Crippen LogP contribution in [0.1, 0.15) is 40.0 Å². The molecule has 0 bridgehead atoms. The molecule has 0 N–H and O–H groups in total. The van der Waals surface area contributed by atoms with Crippen molar-refractivity contribution in [1.82, 2.24) is 0 Å². The molecule has 0 saturated heterocycles. The Kier molecular flexibility index (Phi) is 4.90. The van der Waals surface area contributed by atoms with Crippen molar-refractivity contribution in [3.8, 4) is 0 Å². The van der Waals surface area contributed by atoms with Gasteiger partial charge in [-0.15, -0.1) is 11.8 Å². The molecule has 16 heavy (non-hydrogen) atoms. The molecule has 0 aromatic heterocycles. The number of rotatable bonds is 4. The molecule has 92 valence electrons. The quantitative estimate of drug-likeness (QED) is 0.558. The lowest BCUT2D eigenvalue weighted by molar-refractivity contribution is -0.137. The lowest BCUT2D eigenvalue weighted by Crippen LogP contribution is -2.34. The maximum Gasteiger partial charge on any atom is 0.315 e. The lowest BCUT2D eigenvalue weighted by Gasteiger charge is -2.39. The van der Waals surface area contributed by atoms with Crippen molar-refractivity contribution >= 4 is 17.7 Å². The van der Waals surface area contributed by atoms with Gasteiger partial charge in [0.15, 0.2) is 0 Å². The Morgan fingerprint density at radius 3 is 2.75 bits per heavy atom. The molecule has 3 heteroatoms. The predicted molar refractivity (Wildman–Crippen MR) is 69.7 cm³/mol. The Morgan fingerprint density at radius 1 is 1.62 bits per heavy atom. The fourth-order valence-electron chi connectivity index (χ4n) is 2.04. The van der Waals surface area contributed by atoms with Crippen molar-refractivity contribution < 1.29 is 9.53 Å². The van der Waals surface area contributed by atoms with E-state index in [1.807, 2.05) is 0 Å². The minimum Gasteiger partial charge on any atom is -0.468 e. The average molecular weight is 242 g/mol. The summed E-state index contributed by atoms with van der Waals surface area (Å²) in [6, 6.07) is 0. The molecule has 1 rings (SSSR count). The zero-order valence-electron chi connectivity index (χ0n) is 10.7. The van der Waals surface area contributed by atoms with E-state index >= 15 is 0 Å². The highest BCUT2D eigenvalue weighted by molar-refractivity contribution is 8.01. The van der Waals surface area contributed by atoms with Crippen LogP contribution in [0.3, 0.4) is 0 Å². The number of carbonyl (C=O) groups is 1. The first-order valence-corrected chi connectivity index (χ1v) is 6.85. The molecule has 2 nitrogen and oxygen atoms in total. The molecule has 1 unspecified atom stereocenters. The molecule has 0 radical (unpaired) electrons. The van der Waals surface area contributed by atoms with E-state index < -0.39 is 0 Å². The second kappa shape index (κ2) is 5.76. The third-order valence-corrected chi connectivity index (χ3v) is 5.29. The molecule has 0 aromatic carbocycles. The molecule has 1 aliphatic rings. The molecule has 0 saturated carbocycles. The molecule has 1 aliphatic carbocycles. The fourth-order valence-corrected chi connectivity index (χ4v) is 3.35. The third kappa shape index (κ3) is 3.27. The molecule has 0 amide bonds. The summed E-state index contributed by atoms with van der Waals surface area (Å²) in [4.78, 5) is 11.2. The number of esters is 1. The maximum absolute atomic E-state index is 11.2. The zero-order chi connectivity index (χ0) is 12.2. The highest BCUT2D eigenvalue weighted by Crippen LogP contribution is 2.44. The van der Waals surface area contributed by atoms with E-state index in [-0.39, 0.29) is 10.7 Å². The molecule has 0 fully saturated rings. The van der Waals surface area contributed by atoms with Crippen LogP contribution >= 0.6 is 11.8 Å². The van der Waals surface area contributed by atoms with Crippen molar-refractivity contribution in [1.29, 1.82) is 0 Å². The topological polar surface area (TPSA) is 26.3 Å². The van der Waals surface area contributed by atoms with Crippen LogP contribution in [-0.4, -0.2) is 23.6 Å². The van der Waals surface area contributed by atoms with Gasteiger partial charge in [-0.3, -0.25) is 4.79 Å². The molecular weight excluding hydrogens is 220 g/mol. The van der Waals surface area contributed by atoms with E-state index in [0.717, 1.165) is 12.8 Å². The minimum atomic E-state index is -0.115. The largest absolute Gasteiger partial charge is 0.468 e. The second-order valence-corrected chi connectivity index (χ2v) is 6.23. The van der Waals surface area contributed by atoms with Crippen LogP contribution in [0.15, 0.2) is 11.6 Å². The highest BCUT2D eigenvalue weighted by atomic mass is 32.2. The van der Waals surface area contributed by atoms with Gasteiger partial charge in [-0.05, 0) is 32.1 Å². The normalized spacial score (nSPS) is 25.4. The summed E-state index contributed by atoms with van der Waals surface area (Å²) in [6.07, 6.45) is 5.74. The van der Waals surface area contributed by atoms with E-state index in [0.29, 0.717) is 11.7 Å². The van der Waals surface area contributed by atoms with Crippen LogP contribution in [0, 0.1) is 5.92 Å². The standard InChI is InChI=1S/C13H22O2S/c1-10(2)13(16-9-12(14)15-4)7-5-11(3)6-8-13/h5,10H,6-9H2,1-4H3. The summed E-state index contributed by atoms with van der Waals surface area (Å²) >= 11 is 1.77. The maximum atomic E-state index is 11.2. The number of thioether (sulfide) groups is 1. The van der Waals surface area contributed by atoms with Gasteiger partial charge >= 0.3 is 5.97 Å². The first kappa shape index (κ1) is 13.6. The van der Waals surface area contributed by atoms with Crippen molar-refractivity contribution in [3.05, 3.63) is 11.6 Å². The van der Waals surface area contributed by atoms with Gasteiger partial charge in [-0.2, -0.15) is 0 Å². The first-order valence-electron chi connectivity index (χ1n) is 5.86. The Balaban J connectivity index is 2.64. The van der Waals surface area contributed by atoms with E-state index in [4.69, 9.17) is 4.74 Å². The number of hydrogen-bond acceptors (Lipinski definition) is 3.